The van der Waals surface area contributed by atoms with Gasteiger partial charge >= 0.3 is 12.3 Å². The molecule has 0 saturated carbocycles. The Hall–Kier alpha value is -1.42. The summed E-state index contributed by atoms with van der Waals surface area (Å²) in [7, 11) is 0. The maximum absolute atomic E-state index is 10.5. The topological polar surface area (TPSA) is 110 Å². The Morgan fingerprint density at radius 2 is 1.76 bits per heavy atom. The highest BCUT2D eigenvalue weighted by Crippen LogP contribution is 1.97. The van der Waals surface area contributed by atoms with E-state index in [2.05, 4.69) is 19.6 Å². The molecule has 0 aliphatic heterocycles. The van der Waals surface area contributed by atoms with E-state index in [9.17, 15) is 9.59 Å². The van der Waals surface area contributed by atoms with Crippen LogP contribution in [-0.2, 0) is 29.0 Å². The third-order valence-electron chi connectivity index (χ3n) is 1.23. The molecule has 0 bridgehead atoms. The molecule has 0 aromatic carbocycles. The van der Waals surface area contributed by atoms with Crippen molar-refractivity contribution in [2.75, 3.05) is 19.8 Å². The Labute approximate surface area is 97.0 Å². The summed E-state index contributed by atoms with van der Waals surface area (Å²) in [6, 6.07) is 0. The first-order valence-corrected chi connectivity index (χ1v) is 4.74. The van der Waals surface area contributed by atoms with Gasteiger partial charge in [0.15, 0.2) is 6.29 Å². The van der Waals surface area contributed by atoms with E-state index in [1.54, 1.807) is 13.8 Å². The minimum absolute atomic E-state index is 0.165. The molecule has 0 aliphatic rings. The average Bonchev–Trinajstić information content (AvgIpc) is 2.24. The lowest BCUT2D eigenvalue weighted by Gasteiger charge is -2.14. The molecule has 0 fully saturated rings. The first-order chi connectivity index (χ1) is 8.10. The van der Waals surface area contributed by atoms with Gasteiger partial charge < -0.3 is 19.3 Å². The molecule has 0 amide bonds. The Balaban J connectivity index is 3.59. The fourth-order valence-electron chi connectivity index (χ4n) is 0.740. The van der Waals surface area contributed by atoms with Crippen molar-refractivity contribution >= 4 is 12.3 Å². The minimum atomic E-state index is -1.82. The van der Waals surface area contributed by atoms with Gasteiger partial charge in [0.1, 0.15) is 6.61 Å². The Morgan fingerprint density at radius 3 is 2.24 bits per heavy atom. The van der Waals surface area contributed by atoms with Gasteiger partial charge in [-0.05, 0) is 18.9 Å². The molecule has 0 atom stereocenters. The quantitative estimate of drug-likeness (QED) is 0.170. The molecule has 0 heterocycles. The van der Waals surface area contributed by atoms with Crippen LogP contribution in [-0.4, -0.2) is 43.5 Å². The van der Waals surface area contributed by atoms with Crippen LogP contribution in [0.5, 0.6) is 0 Å². The van der Waals surface area contributed by atoms with Crippen molar-refractivity contribution in [1.82, 2.24) is 0 Å². The summed E-state index contributed by atoms with van der Waals surface area (Å²) in [5.74, 6) is 0. The zero-order valence-corrected chi connectivity index (χ0v) is 9.41. The van der Waals surface area contributed by atoms with Crippen LogP contribution in [0.1, 0.15) is 13.8 Å². The lowest BCUT2D eigenvalue weighted by atomic mass is 10.6. The normalized spacial score (nSPS) is 10.3. The fraction of sp³-hybridized carbons (Fsp3) is 0.750. The predicted molar refractivity (Wildman–Crippen MR) is 49.7 cm³/mol. The molecule has 0 rings (SSSR count). The summed E-state index contributed by atoms with van der Waals surface area (Å²) < 4.78 is 13.7. The average molecular weight is 254 g/mol. The summed E-state index contributed by atoms with van der Waals surface area (Å²) in [5.41, 5.74) is 0. The Kier molecular flexibility index (Phi) is 8.96. The van der Waals surface area contributed by atoms with Crippen molar-refractivity contribution in [1.29, 1.82) is 0 Å². The molecule has 0 aromatic heterocycles. The minimum Gasteiger partial charge on any atom is -0.449 e. The molecular formula is C8H14O9. The molecule has 0 spiro atoms. The fourth-order valence-corrected chi connectivity index (χ4v) is 0.740. The molecule has 9 heteroatoms. The SMILES string of the molecule is CCOC(COOOC(=O)OC(=O)O)OCC. The highest BCUT2D eigenvalue weighted by Gasteiger charge is 2.13. The van der Waals surface area contributed by atoms with Gasteiger partial charge in [0.25, 0.3) is 0 Å². The number of ether oxygens (including phenoxy) is 3. The monoisotopic (exact) mass is 254 g/mol. The van der Waals surface area contributed by atoms with Crippen LogP contribution in [0, 0.1) is 0 Å². The number of carbonyl (C=O) groups excluding carboxylic acids is 1. The standard InChI is InChI=1S/C8H14O9/c1-3-12-6(13-4-2)5-14-17-16-8(11)15-7(9)10/h6H,3-5H2,1-2H3,(H,9,10). The maximum Gasteiger partial charge on any atom is 0.553 e. The van der Waals surface area contributed by atoms with Crippen LogP contribution in [0.4, 0.5) is 9.59 Å². The molecule has 0 unspecified atom stereocenters. The summed E-state index contributed by atoms with van der Waals surface area (Å²) in [6.07, 6.45) is -4.06. The van der Waals surface area contributed by atoms with Gasteiger partial charge in [-0.25, -0.2) is 9.68 Å². The predicted octanol–water partition coefficient (Wildman–Crippen LogP) is 1.08. The lowest BCUT2D eigenvalue weighted by molar-refractivity contribution is -0.494. The molecule has 100 valence electrons. The zero-order chi connectivity index (χ0) is 13.1. The smallest absolute Gasteiger partial charge is 0.449 e. The zero-order valence-electron chi connectivity index (χ0n) is 9.41. The van der Waals surface area contributed by atoms with E-state index < -0.39 is 18.6 Å². The van der Waals surface area contributed by atoms with E-state index in [4.69, 9.17) is 14.6 Å². The molecule has 0 radical (unpaired) electrons. The van der Waals surface area contributed by atoms with Crippen LogP contribution >= 0.6 is 0 Å². The highest BCUT2D eigenvalue weighted by molar-refractivity contribution is 5.75. The molecule has 0 saturated heterocycles. The summed E-state index contributed by atoms with van der Waals surface area (Å²) >= 11 is 0. The number of carboxylic acid groups (broad SMARTS) is 1. The Bertz CT molecular complexity index is 223. The van der Waals surface area contributed by atoms with E-state index in [-0.39, 0.29) is 6.61 Å². The summed E-state index contributed by atoms with van der Waals surface area (Å²) in [5, 5.41) is 11.9. The van der Waals surface area contributed by atoms with Crippen molar-refractivity contribution in [2.24, 2.45) is 0 Å². The van der Waals surface area contributed by atoms with Gasteiger partial charge in [-0.1, -0.05) is 0 Å². The van der Waals surface area contributed by atoms with Gasteiger partial charge in [-0.15, -0.1) is 0 Å². The van der Waals surface area contributed by atoms with Crippen molar-refractivity contribution in [3.63, 3.8) is 0 Å². The third-order valence-corrected chi connectivity index (χ3v) is 1.23. The van der Waals surface area contributed by atoms with Crippen molar-refractivity contribution < 1.29 is 43.7 Å². The lowest BCUT2D eigenvalue weighted by Crippen LogP contribution is -2.24. The number of carbonyl (C=O) groups is 2. The molecule has 0 aromatic rings. The van der Waals surface area contributed by atoms with Crippen LogP contribution in [0.25, 0.3) is 0 Å². The van der Waals surface area contributed by atoms with Crippen molar-refractivity contribution in [2.45, 2.75) is 20.1 Å². The first kappa shape index (κ1) is 15.6. The molecular weight excluding hydrogens is 240 g/mol. The maximum atomic E-state index is 10.5. The van der Waals surface area contributed by atoms with Crippen LogP contribution in [0.2, 0.25) is 0 Å². The third kappa shape index (κ3) is 9.51. The number of rotatable bonds is 8. The van der Waals surface area contributed by atoms with Crippen LogP contribution in [0.15, 0.2) is 0 Å². The first-order valence-electron chi connectivity index (χ1n) is 4.74. The van der Waals surface area contributed by atoms with Crippen LogP contribution in [0.3, 0.4) is 0 Å². The van der Waals surface area contributed by atoms with Crippen molar-refractivity contribution in [3.8, 4) is 0 Å². The van der Waals surface area contributed by atoms with E-state index in [0.717, 1.165) is 0 Å². The van der Waals surface area contributed by atoms with Gasteiger partial charge in [-0.3, -0.25) is 0 Å². The van der Waals surface area contributed by atoms with Crippen molar-refractivity contribution in [3.05, 3.63) is 0 Å². The van der Waals surface area contributed by atoms with Gasteiger partial charge in [-0.2, -0.15) is 9.68 Å². The van der Waals surface area contributed by atoms with Gasteiger partial charge in [0.05, 0.1) is 0 Å². The van der Waals surface area contributed by atoms with E-state index in [0.29, 0.717) is 13.2 Å². The molecule has 0 aliphatic carbocycles. The second kappa shape index (κ2) is 9.78. The second-order valence-electron chi connectivity index (χ2n) is 2.39. The van der Waals surface area contributed by atoms with Gasteiger partial charge in [0, 0.05) is 13.2 Å². The second-order valence-corrected chi connectivity index (χ2v) is 2.39. The van der Waals surface area contributed by atoms with E-state index >= 15 is 0 Å². The summed E-state index contributed by atoms with van der Waals surface area (Å²) in [6.45, 7) is 4.15. The van der Waals surface area contributed by atoms with E-state index in [1.807, 2.05) is 0 Å². The number of hydrogen-bond donors (Lipinski definition) is 1. The summed E-state index contributed by atoms with van der Waals surface area (Å²) in [4.78, 5) is 28.5. The largest absolute Gasteiger partial charge is 0.553 e. The number of hydrogen-bond acceptors (Lipinski definition) is 8. The van der Waals surface area contributed by atoms with E-state index in [1.165, 1.54) is 0 Å². The molecule has 1 N–H and O–H groups in total. The Morgan fingerprint density at radius 1 is 1.18 bits per heavy atom. The van der Waals surface area contributed by atoms with Gasteiger partial charge in [0.2, 0.25) is 0 Å². The van der Waals surface area contributed by atoms with Crippen LogP contribution < -0.4 is 0 Å². The molecule has 17 heavy (non-hydrogen) atoms. The highest BCUT2D eigenvalue weighted by atomic mass is 17.5. The molecule has 9 nitrogen and oxygen atoms in total.